The third-order valence-electron chi connectivity index (χ3n) is 2.97. The molecule has 2 N–H and O–H groups in total. The first-order valence-corrected chi connectivity index (χ1v) is 5.78. The van der Waals surface area contributed by atoms with Crippen LogP contribution >= 0.6 is 11.6 Å². The van der Waals surface area contributed by atoms with E-state index >= 15 is 0 Å². The molecule has 1 aliphatic heterocycles. The van der Waals surface area contributed by atoms with Crippen LogP contribution in [0.15, 0.2) is 24.3 Å². The van der Waals surface area contributed by atoms with Crippen molar-refractivity contribution < 1.29 is 9.90 Å². The highest BCUT2D eigenvalue weighted by atomic mass is 35.5. The topological polar surface area (TPSA) is 49.3 Å². The lowest BCUT2D eigenvalue weighted by molar-refractivity contribution is -0.139. The van der Waals surface area contributed by atoms with Crippen LogP contribution in [0.25, 0.3) is 0 Å². The third-order valence-corrected chi connectivity index (χ3v) is 3.21. The van der Waals surface area contributed by atoms with E-state index in [1.165, 1.54) is 0 Å². The monoisotopic (exact) mass is 239 g/mol. The molecule has 1 fully saturated rings. The average Bonchev–Trinajstić information content (AvgIpc) is 2.71. The predicted octanol–water partition coefficient (Wildman–Crippen LogP) is 2.26. The van der Waals surface area contributed by atoms with Gasteiger partial charge in [-0.25, -0.2) is 0 Å². The summed E-state index contributed by atoms with van der Waals surface area (Å²) in [5, 5.41) is 13.1. The molecule has 86 valence electrons. The minimum Gasteiger partial charge on any atom is -0.481 e. The molecule has 0 bridgehead atoms. The van der Waals surface area contributed by atoms with E-state index in [1.54, 1.807) is 18.2 Å². The van der Waals surface area contributed by atoms with Crippen LogP contribution in [0.2, 0.25) is 5.02 Å². The molecule has 16 heavy (non-hydrogen) atoms. The largest absolute Gasteiger partial charge is 0.481 e. The Hall–Kier alpha value is -1.06. The van der Waals surface area contributed by atoms with E-state index in [0.717, 1.165) is 24.9 Å². The maximum Gasteiger partial charge on any atom is 0.312 e. The van der Waals surface area contributed by atoms with Gasteiger partial charge in [-0.3, -0.25) is 4.79 Å². The first-order chi connectivity index (χ1) is 7.68. The summed E-state index contributed by atoms with van der Waals surface area (Å²) in [6.07, 6.45) is 1.94. The summed E-state index contributed by atoms with van der Waals surface area (Å²) >= 11 is 5.89. The Morgan fingerprint density at radius 1 is 1.56 bits per heavy atom. The van der Waals surface area contributed by atoms with Crippen molar-refractivity contribution in [3.63, 3.8) is 0 Å². The standard InChI is InChI=1S/C12H14ClNO2/c13-9-4-1-3-8(7-9)11(12(15)16)10-5-2-6-14-10/h1,3-4,7,10-11,14H,2,5-6H2,(H,15,16). The molecule has 3 nitrogen and oxygen atoms in total. The second-order valence-electron chi connectivity index (χ2n) is 4.07. The van der Waals surface area contributed by atoms with Gasteiger partial charge in [0.1, 0.15) is 0 Å². The smallest absolute Gasteiger partial charge is 0.312 e. The van der Waals surface area contributed by atoms with Gasteiger partial charge in [-0.05, 0) is 37.1 Å². The van der Waals surface area contributed by atoms with Gasteiger partial charge in [0.15, 0.2) is 0 Å². The van der Waals surface area contributed by atoms with Crippen LogP contribution in [0, 0.1) is 0 Å². The quantitative estimate of drug-likeness (QED) is 0.851. The van der Waals surface area contributed by atoms with Gasteiger partial charge in [-0.1, -0.05) is 23.7 Å². The van der Waals surface area contributed by atoms with E-state index in [2.05, 4.69) is 5.32 Å². The number of nitrogens with one attached hydrogen (secondary N) is 1. The molecule has 1 aliphatic rings. The van der Waals surface area contributed by atoms with Gasteiger partial charge < -0.3 is 10.4 Å². The summed E-state index contributed by atoms with van der Waals surface area (Å²) in [5.74, 6) is -1.29. The molecule has 2 rings (SSSR count). The van der Waals surface area contributed by atoms with Gasteiger partial charge in [-0.15, -0.1) is 0 Å². The molecule has 0 spiro atoms. The minimum absolute atomic E-state index is 0.0240. The molecule has 1 aromatic rings. The number of aliphatic carboxylic acids is 1. The number of hydrogen-bond acceptors (Lipinski definition) is 2. The molecule has 0 aliphatic carbocycles. The maximum atomic E-state index is 11.3. The molecule has 0 aromatic heterocycles. The summed E-state index contributed by atoms with van der Waals surface area (Å²) in [4.78, 5) is 11.3. The number of carbonyl (C=O) groups is 1. The number of carboxylic acids is 1. The number of halogens is 1. The normalized spacial score (nSPS) is 21.9. The van der Waals surface area contributed by atoms with Crippen LogP contribution in [-0.2, 0) is 4.79 Å². The molecule has 1 saturated heterocycles. The Balaban J connectivity index is 2.28. The van der Waals surface area contributed by atoms with E-state index < -0.39 is 11.9 Å². The van der Waals surface area contributed by atoms with E-state index in [1.807, 2.05) is 6.07 Å². The summed E-state index contributed by atoms with van der Waals surface area (Å²) in [6, 6.07) is 7.13. The lowest BCUT2D eigenvalue weighted by atomic mass is 9.90. The van der Waals surface area contributed by atoms with Crippen molar-refractivity contribution in [2.24, 2.45) is 0 Å². The average molecular weight is 240 g/mol. The summed E-state index contributed by atoms with van der Waals surface area (Å²) in [7, 11) is 0. The van der Waals surface area contributed by atoms with Gasteiger partial charge >= 0.3 is 5.97 Å². The zero-order valence-corrected chi connectivity index (χ0v) is 9.57. The van der Waals surface area contributed by atoms with E-state index in [0.29, 0.717) is 5.02 Å². The van der Waals surface area contributed by atoms with E-state index in [-0.39, 0.29) is 6.04 Å². The van der Waals surface area contributed by atoms with Crippen molar-refractivity contribution in [1.82, 2.24) is 5.32 Å². The molecule has 0 radical (unpaired) electrons. The lowest BCUT2D eigenvalue weighted by Gasteiger charge is -2.20. The molecular formula is C12H14ClNO2. The van der Waals surface area contributed by atoms with Crippen LogP contribution < -0.4 is 5.32 Å². The van der Waals surface area contributed by atoms with Crippen molar-refractivity contribution in [2.75, 3.05) is 6.54 Å². The Bertz CT molecular complexity index is 388. The zero-order chi connectivity index (χ0) is 11.5. The predicted molar refractivity (Wildman–Crippen MR) is 62.9 cm³/mol. The Kier molecular flexibility index (Phi) is 3.46. The highest BCUT2D eigenvalue weighted by Crippen LogP contribution is 2.27. The van der Waals surface area contributed by atoms with Gasteiger partial charge in [0.25, 0.3) is 0 Å². The Labute approximate surface area is 99.4 Å². The number of benzene rings is 1. The summed E-state index contributed by atoms with van der Waals surface area (Å²) in [6.45, 7) is 0.898. The summed E-state index contributed by atoms with van der Waals surface area (Å²) in [5.41, 5.74) is 0.777. The third kappa shape index (κ3) is 2.36. The van der Waals surface area contributed by atoms with Crippen LogP contribution in [0.5, 0.6) is 0 Å². The van der Waals surface area contributed by atoms with E-state index in [9.17, 15) is 9.90 Å². The second-order valence-corrected chi connectivity index (χ2v) is 4.51. The lowest BCUT2D eigenvalue weighted by Crippen LogP contribution is -2.33. The van der Waals surface area contributed by atoms with Crippen LogP contribution in [0.1, 0.15) is 24.3 Å². The van der Waals surface area contributed by atoms with Crippen LogP contribution in [-0.4, -0.2) is 23.7 Å². The molecule has 2 unspecified atom stereocenters. The van der Waals surface area contributed by atoms with Gasteiger partial charge in [0.05, 0.1) is 5.92 Å². The van der Waals surface area contributed by atoms with E-state index in [4.69, 9.17) is 11.6 Å². The SMILES string of the molecule is O=C(O)C(c1cccc(Cl)c1)C1CCCN1. The number of rotatable bonds is 3. The molecule has 1 aromatic carbocycles. The highest BCUT2D eigenvalue weighted by Gasteiger charge is 2.31. The highest BCUT2D eigenvalue weighted by molar-refractivity contribution is 6.30. The van der Waals surface area contributed by atoms with Gasteiger partial charge in [0, 0.05) is 11.1 Å². The Morgan fingerprint density at radius 2 is 2.38 bits per heavy atom. The molecule has 1 heterocycles. The Morgan fingerprint density at radius 3 is 2.94 bits per heavy atom. The van der Waals surface area contributed by atoms with Crippen molar-refractivity contribution in [3.8, 4) is 0 Å². The number of carboxylic acid groups (broad SMARTS) is 1. The van der Waals surface area contributed by atoms with Gasteiger partial charge in [0.2, 0.25) is 0 Å². The number of hydrogen-bond donors (Lipinski definition) is 2. The zero-order valence-electron chi connectivity index (χ0n) is 8.82. The fourth-order valence-corrected chi connectivity index (χ4v) is 2.44. The molecular weight excluding hydrogens is 226 g/mol. The first-order valence-electron chi connectivity index (χ1n) is 5.40. The van der Waals surface area contributed by atoms with Crippen molar-refractivity contribution in [1.29, 1.82) is 0 Å². The fraction of sp³-hybridized carbons (Fsp3) is 0.417. The summed E-state index contributed by atoms with van der Waals surface area (Å²) < 4.78 is 0. The minimum atomic E-state index is -0.790. The molecule has 2 atom stereocenters. The molecule has 0 amide bonds. The van der Waals surface area contributed by atoms with Crippen LogP contribution in [0.4, 0.5) is 0 Å². The molecule has 0 saturated carbocycles. The van der Waals surface area contributed by atoms with Crippen LogP contribution in [0.3, 0.4) is 0 Å². The van der Waals surface area contributed by atoms with Crippen molar-refractivity contribution in [3.05, 3.63) is 34.9 Å². The second kappa shape index (κ2) is 4.85. The molecule has 4 heteroatoms. The maximum absolute atomic E-state index is 11.3. The van der Waals surface area contributed by atoms with Gasteiger partial charge in [-0.2, -0.15) is 0 Å². The fourth-order valence-electron chi connectivity index (χ4n) is 2.24. The first kappa shape index (κ1) is 11.4. The van der Waals surface area contributed by atoms with Crippen molar-refractivity contribution >= 4 is 17.6 Å². The van der Waals surface area contributed by atoms with Crippen molar-refractivity contribution in [2.45, 2.75) is 24.8 Å².